The first kappa shape index (κ1) is 13.8. The third kappa shape index (κ3) is 5.09. The van der Waals surface area contributed by atoms with E-state index in [0.717, 1.165) is 11.4 Å². The highest BCUT2D eigenvalue weighted by molar-refractivity contribution is 8.32. The Morgan fingerprint density at radius 2 is 1.88 bits per heavy atom. The van der Waals surface area contributed by atoms with Crippen LogP contribution in [0.1, 0.15) is 5.56 Å². The fraction of sp³-hybridized carbons (Fsp3) is 0.357. The molecular formula is C14H21NOS. The number of benzene rings is 1. The highest BCUT2D eigenvalue weighted by Crippen LogP contribution is 2.35. The van der Waals surface area contributed by atoms with Crippen LogP contribution in [0, 0.1) is 0 Å². The molecule has 1 rings (SSSR count). The Balaban J connectivity index is 2.78. The molecule has 3 heteroatoms. The van der Waals surface area contributed by atoms with E-state index >= 15 is 0 Å². The topological polar surface area (TPSA) is 20.3 Å². The van der Waals surface area contributed by atoms with Crippen LogP contribution in [0.25, 0.3) is 0 Å². The van der Waals surface area contributed by atoms with E-state index in [4.69, 9.17) is 0 Å². The average molecular weight is 251 g/mol. The molecule has 1 aromatic carbocycles. The van der Waals surface area contributed by atoms with Crippen LogP contribution in [0.15, 0.2) is 43.0 Å². The lowest BCUT2D eigenvalue weighted by Gasteiger charge is -2.33. The molecule has 0 saturated heterocycles. The molecular weight excluding hydrogens is 230 g/mol. The quantitative estimate of drug-likeness (QED) is 0.737. The van der Waals surface area contributed by atoms with Crippen molar-refractivity contribution in [1.29, 1.82) is 0 Å². The Morgan fingerprint density at radius 1 is 1.29 bits per heavy atom. The second-order valence-corrected chi connectivity index (χ2v) is 9.39. The minimum atomic E-state index is -0.741. The summed E-state index contributed by atoms with van der Waals surface area (Å²) in [5.41, 5.74) is 1.16. The van der Waals surface area contributed by atoms with Gasteiger partial charge in [-0.1, -0.05) is 36.9 Å². The van der Waals surface area contributed by atoms with Gasteiger partial charge in [0.05, 0.1) is 5.88 Å². The molecule has 0 atom stereocenters. The van der Waals surface area contributed by atoms with Crippen LogP contribution in [0.3, 0.4) is 0 Å². The monoisotopic (exact) mass is 251 g/mol. The smallest absolute Gasteiger partial charge is 0.246 e. The van der Waals surface area contributed by atoms with Gasteiger partial charge in [0.15, 0.2) is 0 Å². The summed E-state index contributed by atoms with van der Waals surface area (Å²) in [5, 5.41) is 0. The minimum Gasteiger partial charge on any atom is -0.327 e. The number of hydrogen-bond acceptors (Lipinski definition) is 1. The number of carbonyl (C=O) groups is 1. The molecule has 0 radical (unpaired) electrons. The van der Waals surface area contributed by atoms with Crippen LogP contribution in [-0.4, -0.2) is 35.5 Å². The van der Waals surface area contributed by atoms with E-state index in [-0.39, 0.29) is 5.91 Å². The number of hydrogen-bond donors (Lipinski definition) is 0. The van der Waals surface area contributed by atoms with Crippen molar-refractivity contribution in [3.05, 3.63) is 48.6 Å². The predicted octanol–water partition coefficient (Wildman–Crippen LogP) is 2.85. The third-order valence-electron chi connectivity index (χ3n) is 2.25. The van der Waals surface area contributed by atoms with E-state index in [1.165, 1.54) is 6.08 Å². The lowest BCUT2D eigenvalue weighted by molar-refractivity contribution is -0.125. The first-order valence-electron chi connectivity index (χ1n) is 5.53. The Hall–Kier alpha value is -1.22. The standard InChI is InChI=1S/C14H21NOS/c1-5-14(16)15(12-17(2,3)4)11-13-9-7-6-8-10-13/h5-10H,1,11-12H2,2-4H3. The van der Waals surface area contributed by atoms with Crippen molar-refractivity contribution in [1.82, 2.24) is 4.90 Å². The maximum Gasteiger partial charge on any atom is 0.246 e. The van der Waals surface area contributed by atoms with E-state index in [1.54, 1.807) is 0 Å². The van der Waals surface area contributed by atoms with Gasteiger partial charge in [-0.2, -0.15) is 0 Å². The van der Waals surface area contributed by atoms with Crippen LogP contribution < -0.4 is 0 Å². The van der Waals surface area contributed by atoms with E-state index in [0.29, 0.717) is 6.54 Å². The Labute approximate surface area is 106 Å². The maximum atomic E-state index is 11.8. The van der Waals surface area contributed by atoms with Gasteiger partial charge < -0.3 is 4.90 Å². The van der Waals surface area contributed by atoms with Gasteiger partial charge >= 0.3 is 0 Å². The second-order valence-electron chi connectivity index (χ2n) is 4.95. The highest BCUT2D eigenvalue weighted by Gasteiger charge is 2.16. The molecule has 0 fully saturated rings. The molecule has 0 spiro atoms. The summed E-state index contributed by atoms with van der Waals surface area (Å²) in [6, 6.07) is 10.1. The van der Waals surface area contributed by atoms with Gasteiger partial charge in [-0.05, 0) is 30.4 Å². The summed E-state index contributed by atoms with van der Waals surface area (Å²) in [6.07, 6.45) is 8.03. The van der Waals surface area contributed by atoms with Gasteiger partial charge in [0.2, 0.25) is 5.91 Å². The molecule has 0 aliphatic rings. The lowest BCUT2D eigenvalue weighted by atomic mass is 10.2. The maximum absolute atomic E-state index is 11.8. The van der Waals surface area contributed by atoms with Crippen molar-refractivity contribution in [3.8, 4) is 0 Å². The van der Waals surface area contributed by atoms with Crippen LogP contribution >= 0.6 is 10.0 Å². The largest absolute Gasteiger partial charge is 0.327 e. The highest BCUT2D eigenvalue weighted by atomic mass is 32.3. The molecule has 0 aromatic heterocycles. The van der Waals surface area contributed by atoms with E-state index < -0.39 is 10.0 Å². The van der Waals surface area contributed by atoms with Crippen LogP contribution in [0.4, 0.5) is 0 Å². The number of carbonyl (C=O) groups excluding carboxylic acids is 1. The fourth-order valence-corrected chi connectivity index (χ4v) is 2.74. The fourth-order valence-electron chi connectivity index (χ4n) is 1.59. The number of nitrogens with zero attached hydrogens (tertiary/aromatic N) is 1. The van der Waals surface area contributed by atoms with E-state index in [2.05, 4.69) is 25.3 Å². The summed E-state index contributed by atoms with van der Waals surface area (Å²) >= 11 is 0. The normalized spacial score (nSPS) is 11.9. The van der Waals surface area contributed by atoms with Gasteiger partial charge in [0.25, 0.3) is 0 Å². The Bertz CT molecular complexity index is 381. The average Bonchev–Trinajstić information content (AvgIpc) is 2.27. The zero-order valence-electron chi connectivity index (χ0n) is 10.8. The van der Waals surface area contributed by atoms with Gasteiger partial charge in [0, 0.05) is 6.54 Å². The molecule has 0 saturated carbocycles. The van der Waals surface area contributed by atoms with Crippen molar-refractivity contribution in [3.63, 3.8) is 0 Å². The molecule has 17 heavy (non-hydrogen) atoms. The number of rotatable bonds is 5. The summed E-state index contributed by atoms with van der Waals surface area (Å²) in [6.45, 7) is 4.23. The minimum absolute atomic E-state index is 0.0104. The van der Waals surface area contributed by atoms with E-state index in [1.807, 2.05) is 35.2 Å². The molecule has 1 aromatic rings. The van der Waals surface area contributed by atoms with Crippen molar-refractivity contribution in [2.75, 3.05) is 24.6 Å². The molecule has 0 aliphatic heterocycles. The third-order valence-corrected chi connectivity index (χ3v) is 3.33. The summed E-state index contributed by atoms with van der Waals surface area (Å²) in [7, 11) is -0.741. The Morgan fingerprint density at radius 3 is 2.35 bits per heavy atom. The van der Waals surface area contributed by atoms with Crippen molar-refractivity contribution in [2.24, 2.45) is 0 Å². The van der Waals surface area contributed by atoms with Gasteiger partial charge in [0.1, 0.15) is 0 Å². The SMILES string of the molecule is C=CC(=O)N(Cc1ccccc1)CS(C)(C)C. The molecule has 0 bridgehead atoms. The van der Waals surface area contributed by atoms with Crippen LogP contribution in [0.5, 0.6) is 0 Å². The number of amides is 1. The van der Waals surface area contributed by atoms with Crippen LogP contribution in [0.2, 0.25) is 0 Å². The van der Waals surface area contributed by atoms with Crippen molar-refractivity contribution >= 4 is 15.9 Å². The summed E-state index contributed by atoms with van der Waals surface area (Å²) in [4.78, 5) is 13.7. The zero-order chi connectivity index (χ0) is 12.9. The van der Waals surface area contributed by atoms with Gasteiger partial charge in [-0.25, -0.2) is 10.0 Å². The van der Waals surface area contributed by atoms with Crippen LogP contribution in [-0.2, 0) is 11.3 Å². The summed E-state index contributed by atoms with van der Waals surface area (Å²) in [5.74, 6) is 0.823. The molecule has 0 N–H and O–H groups in total. The molecule has 94 valence electrons. The van der Waals surface area contributed by atoms with Gasteiger partial charge in [-0.3, -0.25) is 4.79 Å². The second kappa shape index (κ2) is 5.92. The van der Waals surface area contributed by atoms with E-state index in [9.17, 15) is 4.79 Å². The molecule has 0 aliphatic carbocycles. The first-order chi connectivity index (χ1) is 7.92. The van der Waals surface area contributed by atoms with Crippen molar-refractivity contribution in [2.45, 2.75) is 6.54 Å². The summed E-state index contributed by atoms with van der Waals surface area (Å²) < 4.78 is 0. The molecule has 2 nitrogen and oxygen atoms in total. The molecule has 1 amide bonds. The predicted molar refractivity (Wildman–Crippen MR) is 77.4 cm³/mol. The molecule has 0 heterocycles. The Kier molecular flexibility index (Phi) is 4.82. The molecule has 0 unspecified atom stereocenters. The zero-order valence-corrected chi connectivity index (χ0v) is 11.7. The first-order valence-corrected chi connectivity index (χ1v) is 8.56. The van der Waals surface area contributed by atoms with Gasteiger partial charge in [-0.15, -0.1) is 0 Å². The van der Waals surface area contributed by atoms with Crippen molar-refractivity contribution < 1.29 is 4.79 Å². The lowest BCUT2D eigenvalue weighted by Crippen LogP contribution is -2.31.